The van der Waals surface area contributed by atoms with Crippen LogP contribution >= 0.6 is 0 Å². The molecule has 0 saturated carbocycles. The second kappa shape index (κ2) is 3.06. The normalized spacial score (nSPS) is 13.0. The van der Waals surface area contributed by atoms with E-state index in [-0.39, 0.29) is 19.1 Å². The van der Waals surface area contributed by atoms with E-state index in [9.17, 15) is 4.79 Å². The van der Waals surface area contributed by atoms with Crippen molar-refractivity contribution in [3.8, 4) is 11.5 Å². The van der Waals surface area contributed by atoms with Gasteiger partial charge in [-0.05, 0) is 18.2 Å². The predicted molar refractivity (Wildman–Crippen MR) is 44.7 cm³/mol. The summed E-state index contributed by atoms with van der Waals surface area (Å²) in [5, 5.41) is 0. The highest BCUT2D eigenvalue weighted by atomic mass is 16.7. The third kappa shape index (κ3) is 1.36. The number of quaternary nitrogens is 1. The Morgan fingerprint density at radius 2 is 2.15 bits per heavy atom. The second-order valence-electron chi connectivity index (χ2n) is 2.74. The number of carbonyl (C=O) groups is 1. The summed E-state index contributed by atoms with van der Waals surface area (Å²) in [5.74, 6) is 1.35. The zero-order valence-corrected chi connectivity index (χ0v) is 7.08. The third-order valence-corrected chi connectivity index (χ3v) is 1.92. The number of hydrogen-bond acceptors (Lipinski definition) is 3. The first-order chi connectivity index (χ1) is 6.31. The fourth-order valence-corrected chi connectivity index (χ4v) is 1.21. The lowest BCUT2D eigenvalue weighted by molar-refractivity contribution is -0.349. The molecule has 0 unspecified atom stereocenters. The minimum absolute atomic E-state index is 0.0123. The Hall–Kier alpha value is -1.55. The van der Waals surface area contributed by atoms with Gasteiger partial charge >= 0.3 is 0 Å². The number of hydrogen-bond donors (Lipinski definition) is 1. The minimum Gasteiger partial charge on any atom is -0.454 e. The molecule has 3 N–H and O–H groups in total. The number of carbonyl (C=O) groups excluding carboxylic acids is 1. The van der Waals surface area contributed by atoms with E-state index < -0.39 is 0 Å². The van der Waals surface area contributed by atoms with Crippen LogP contribution in [0.25, 0.3) is 0 Å². The van der Waals surface area contributed by atoms with Crippen LogP contribution in [-0.4, -0.2) is 19.1 Å². The number of benzene rings is 1. The minimum atomic E-state index is 0.0123. The summed E-state index contributed by atoms with van der Waals surface area (Å²) in [6, 6.07) is 5.15. The summed E-state index contributed by atoms with van der Waals surface area (Å²) < 4.78 is 10.3. The molecular weight excluding hydrogens is 170 g/mol. The Kier molecular flexibility index (Phi) is 1.90. The van der Waals surface area contributed by atoms with Gasteiger partial charge in [-0.25, -0.2) is 0 Å². The van der Waals surface area contributed by atoms with Crippen LogP contribution in [0.4, 0.5) is 0 Å². The standard InChI is InChI=1S/C9H9NO3/c10-4-7(11)6-1-2-8-9(3-6)13-5-12-8/h1-3H,4-5,10H2/p+1. The van der Waals surface area contributed by atoms with Crippen LogP contribution in [0.1, 0.15) is 10.4 Å². The molecule has 68 valence electrons. The number of ether oxygens (including phenoxy) is 2. The lowest BCUT2D eigenvalue weighted by Crippen LogP contribution is -2.54. The molecule has 0 atom stereocenters. The smallest absolute Gasteiger partial charge is 0.231 e. The van der Waals surface area contributed by atoms with Crippen LogP contribution in [-0.2, 0) is 0 Å². The maximum atomic E-state index is 11.3. The van der Waals surface area contributed by atoms with Crippen LogP contribution in [0.3, 0.4) is 0 Å². The highest BCUT2D eigenvalue weighted by molar-refractivity contribution is 5.97. The van der Waals surface area contributed by atoms with Gasteiger partial charge in [0.05, 0.1) is 0 Å². The van der Waals surface area contributed by atoms with Crippen molar-refractivity contribution in [3.05, 3.63) is 23.8 Å². The lowest BCUT2D eigenvalue weighted by atomic mass is 10.1. The van der Waals surface area contributed by atoms with Crippen molar-refractivity contribution < 1.29 is 20.0 Å². The Labute approximate surface area is 75.2 Å². The molecule has 1 aliphatic heterocycles. The number of ketones is 1. The Bertz CT molecular complexity index is 349. The summed E-state index contributed by atoms with van der Waals surface area (Å²) in [7, 11) is 0. The molecule has 0 bridgehead atoms. The summed E-state index contributed by atoms with van der Waals surface area (Å²) in [6.45, 7) is 0.497. The Balaban J connectivity index is 2.36. The Morgan fingerprint density at radius 3 is 2.92 bits per heavy atom. The van der Waals surface area contributed by atoms with Crippen LogP contribution in [0.5, 0.6) is 11.5 Å². The molecule has 0 amide bonds. The summed E-state index contributed by atoms with van der Waals surface area (Å²) in [5.41, 5.74) is 4.16. The zero-order valence-electron chi connectivity index (χ0n) is 7.08. The van der Waals surface area contributed by atoms with E-state index >= 15 is 0 Å². The van der Waals surface area contributed by atoms with Gasteiger partial charge in [-0.1, -0.05) is 0 Å². The maximum absolute atomic E-state index is 11.3. The molecular formula is C9H10NO3+. The first-order valence-corrected chi connectivity index (χ1v) is 4.03. The first kappa shape index (κ1) is 8.07. The van der Waals surface area contributed by atoms with Crippen molar-refractivity contribution in [1.82, 2.24) is 0 Å². The molecule has 0 aliphatic carbocycles. The topological polar surface area (TPSA) is 63.2 Å². The maximum Gasteiger partial charge on any atom is 0.231 e. The van der Waals surface area contributed by atoms with Gasteiger partial charge in [-0.2, -0.15) is 0 Å². The van der Waals surface area contributed by atoms with E-state index in [1.807, 2.05) is 0 Å². The van der Waals surface area contributed by atoms with E-state index in [1.165, 1.54) is 0 Å². The van der Waals surface area contributed by atoms with E-state index in [1.54, 1.807) is 18.2 Å². The lowest BCUT2D eigenvalue weighted by Gasteiger charge is -1.98. The second-order valence-corrected chi connectivity index (χ2v) is 2.74. The number of rotatable bonds is 2. The molecule has 2 rings (SSSR count). The molecule has 0 aromatic heterocycles. The van der Waals surface area contributed by atoms with Gasteiger partial charge in [0.25, 0.3) is 0 Å². The molecule has 1 heterocycles. The highest BCUT2D eigenvalue weighted by Crippen LogP contribution is 2.32. The molecule has 0 radical (unpaired) electrons. The quantitative estimate of drug-likeness (QED) is 0.643. The fraction of sp³-hybridized carbons (Fsp3) is 0.222. The molecule has 13 heavy (non-hydrogen) atoms. The number of fused-ring (bicyclic) bond motifs is 1. The van der Waals surface area contributed by atoms with Crippen molar-refractivity contribution in [2.75, 3.05) is 13.3 Å². The monoisotopic (exact) mass is 180 g/mol. The summed E-state index contributed by atoms with van der Waals surface area (Å²) in [4.78, 5) is 11.3. The SMILES string of the molecule is [NH3+]CC(=O)c1ccc2c(c1)OCO2. The molecule has 0 saturated heterocycles. The fourth-order valence-electron chi connectivity index (χ4n) is 1.21. The molecule has 4 heteroatoms. The molecule has 1 aromatic carbocycles. The van der Waals surface area contributed by atoms with E-state index in [2.05, 4.69) is 5.73 Å². The zero-order chi connectivity index (χ0) is 9.26. The molecule has 4 nitrogen and oxygen atoms in total. The van der Waals surface area contributed by atoms with E-state index in [4.69, 9.17) is 9.47 Å². The van der Waals surface area contributed by atoms with E-state index in [0.717, 1.165) is 0 Å². The predicted octanol–water partition coefficient (Wildman–Crippen LogP) is -0.160. The van der Waals surface area contributed by atoms with Crippen LogP contribution in [0.15, 0.2) is 18.2 Å². The molecule has 1 aliphatic rings. The van der Waals surface area contributed by atoms with Gasteiger partial charge < -0.3 is 15.2 Å². The van der Waals surface area contributed by atoms with Gasteiger partial charge in [0, 0.05) is 5.56 Å². The van der Waals surface area contributed by atoms with Crippen molar-refractivity contribution in [1.29, 1.82) is 0 Å². The van der Waals surface area contributed by atoms with Crippen LogP contribution in [0, 0.1) is 0 Å². The van der Waals surface area contributed by atoms with Crippen LogP contribution < -0.4 is 15.2 Å². The highest BCUT2D eigenvalue weighted by Gasteiger charge is 2.15. The van der Waals surface area contributed by atoms with E-state index in [0.29, 0.717) is 17.1 Å². The van der Waals surface area contributed by atoms with Gasteiger partial charge in [0.1, 0.15) is 6.54 Å². The number of Topliss-reactive ketones (excluding diaryl/α,β-unsaturated/α-hetero) is 1. The van der Waals surface area contributed by atoms with Gasteiger partial charge in [-0.15, -0.1) is 0 Å². The first-order valence-electron chi connectivity index (χ1n) is 4.03. The van der Waals surface area contributed by atoms with Crippen molar-refractivity contribution >= 4 is 5.78 Å². The van der Waals surface area contributed by atoms with Crippen molar-refractivity contribution in [3.63, 3.8) is 0 Å². The van der Waals surface area contributed by atoms with Crippen molar-refractivity contribution in [2.24, 2.45) is 0 Å². The van der Waals surface area contributed by atoms with Gasteiger partial charge in [-0.3, -0.25) is 4.79 Å². The van der Waals surface area contributed by atoms with Crippen molar-refractivity contribution in [2.45, 2.75) is 0 Å². The molecule has 0 spiro atoms. The summed E-state index contributed by atoms with van der Waals surface area (Å²) in [6.07, 6.45) is 0. The third-order valence-electron chi connectivity index (χ3n) is 1.92. The molecule has 1 aromatic rings. The average Bonchev–Trinajstić information content (AvgIpc) is 2.63. The largest absolute Gasteiger partial charge is 0.454 e. The van der Waals surface area contributed by atoms with Crippen LogP contribution in [0.2, 0.25) is 0 Å². The van der Waals surface area contributed by atoms with Gasteiger partial charge in [0.15, 0.2) is 11.5 Å². The summed E-state index contributed by atoms with van der Waals surface area (Å²) >= 11 is 0. The van der Waals surface area contributed by atoms with Gasteiger partial charge in [0.2, 0.25) is 12.6 Å². The average molecular weight is 180 g/mol. The molecule has 0 fully saturated rings. The Morgan fingerprint density at radius 1 is 1.38 bits per heavy atom.